The summed E-state index contributed by atoms with van der Waals surface area (Å²) in [6.45, 7) is 1.22. The molecule has 0 aliphatic carbocycles. The number of carbonyl (C=O) groups is 1. The van der Waals surface area contributed by atoms with Gasteiger partial charge in [0.15, 0.2) is 0 Å². The molecule has 1 N–H and O–H groups in total. The smallest absolute Gasteiger partial charge is 0.299 e. The number of nitro benzene ring substituents is 2. The van der Waals surface area contributed by atoms with Crippen molar-refractivity contribution >= 4 is 28.7 Å². The van der Waals surface area contributed by atoms with Crippen LogP contribution >= 0.6 is 0 Å². The molecule has 3 rings (SSSR count). The van der Waals surface area contributed by atoms with E-state index in [1.807, 2.05) is 0 Å². The van der Waals surface area contributed by atoms with Crippen LogP contribution in [0.3, 0.4) is 0 Å². The van der Waals surface area contributed by atoms with Gasteiger partial charge in [0, 0.05) is 18.8 Å². The summed E-state index contributed by atoms with van der Waals surface area (Å²) in [5.74, 6) is -0.689. The first-order valence-electron chi connectivity index (χ1n) is 7.05. The summed E-state index contributed by atoms with van der Waals surface area (Å²) in [5, 5.41) is 25.0. The van der Waals surface area contributed by atoms with Gasteiger partial charge >= 0.3 is 0 Å². The Labute approximate surface area is 135 Å². The molecule has 1 amide bonds. The summed E-state index contributed by atoms with van der Waals surface area (Å²) in [5.41, 5.74) is -0.500. The SMILES string of the molecule is O=C(Nc1ccccc1)c1cc(N2CC2)c([N+](=O)[O-])cc1[N+](=O)[O-]. The second-order valence-electron chi connectivity index (χ2n) is 5.18. The molecule has 2 aromatic rings. The number of anilines is 2. The standard InChI is InChI=1S/C15H12N4O5/c20-15(16-10-4-2-1-3-5-10)11-8-13(17-6-7-17)14(19(23)24)9-12(11)18(21)22/h1-5,8-9H,6-7H2,(H,16,20). The predicted octanol–water partition coefficient (Wildman–Crippen LogP) is 2.58. The summed E-state index contributed by atoms with van der Waals surface area (Å²) in [6.07, 6.45) is 0. The lowest BCUT2D eigenvalue weighted by Crippen LogP contribution is -2.15. The number of hydrogen-bond acceptors (Lipinski definition) is 6. The number of amides is 1. The predicted molar refractivity (Wildman–Crippen MR) is 86.4 cm³/mol. The van der Waals surface area contributed by atoms with Crippen LogP contribution in [0.5, 0.6) is 0 Å². The Balaban J connectivity index is 2.05. The van der Waals surface area contributed by atoms with Gasteiger partial charge < -0.3 is 10.2 Å². The highest BCUT2D eigenvalue weighted by atomic mass is 16.6. The maximum atomic E-state index is 12.4. The number of hydrogen-bond donors (Lipinski definition) is 1. The molecule has 1 heterocycles. The molecule has 2 aromatic carbocycles. The molecule has 0 bridgehead atoms. The third-order valence-corrected chi connectivity index (χ3v) is 3.55. The topological polar surface area (TPSA) is 118 Å². The van der Waals surface area contributed by atoms with Gasteiger partial charge in [-0.3, -0.25) is 25.0 Å². The van der Waals surface area contributed by atoms with Crippen molar-refractivity contribution in [1.82, 2.24) is 0 Å². The van der Waals surface area contributed by atoms with Gasteiger partial charge in [-0.15, -0.1) is 0 Å². The summed E-state index contributed by atoms with van der Waals surface area (Å²) in [4.78, 5) is 35.0. The molecule has 0 spiro atoms. The van der Waals surface area contributed by atoms with Crippen LogP contribution in [-0.4, -0.2) is 28.8 Å². The van der Waals surface area contributed by atoms with Crippen LogP contribution in [0.1, 0.15) is 10.4 Å². The van der Waals surface area contributed by atoms with E-state index in [0.717, 1.165) is 6.07 Å². The molecular formula is C15H12N4O5. The van der Waals surface area contributed by atoms with Crippen LogP contribution in [0.2, 0.25) is 0 Å². The zero-order chi connectivity index (χ0) is 17.3. The molecule has 24 heavy (non-hydrogen) atoms. The third-order valence-electron chi connectivity index (χ3n) is 3.55. The van der Waals surface area contributed by atoms with Gasteiger partial charge in [0.25, 0.3) is 17.3 Å². The quantitative estimate of drug-likeness (QED) is 0.512. The molecule has 0 radical (unpaired) electrons. The molecule has 1 saturated heterocycles. The van der Waals surface area contributed by atoms with Crippen molar-refractivity contribution in [3.05, 3.63) is 68.3 Å². The maximum Gasteiger partial charge on any atom is 0.299 e. The fourth-order valence-corrected chi connectivity index (χ4v) is 2.31. The molecular weight excluding hydrogens is 316 g/mol. The molecule has 122 valence electrons. The number of carbonyl (C=O) groups excluding carboxylic acids is 1. The Morgan fingerprint density at radius 2 is 1.62 bits per heavy atom. The third kappa shape index (κ3) is 3.00. The number of nitrogens with zero attached hydrogens (tertiary/aromatic N) is 3. The van der Waals surface area contributed by atoms with Crippen molar-refractivity contribution in [3.8, 4) is 0 Å². The van der Waals surface area contributed by atoms with Gasteiger partial charge in [-0.05, 0) is 18.2 Å². The van der Waals surface area contributed by atoms with Crippen LogP contribution in [0.15, 0.2) is 42.5 Å². The van der Waals surface area contributed by atoms with Crippen LogP contribution in [0.4, 0.5) is 22.7 Å². The van der Waals surface area contributed by atoms with Crippen molar-refractivity contribution < 1.29 is 14.6 Å². The summed E-state index contributed by atoms with van der Waals surface area (Å²) >= 11 is 0. The molecule has 9 nitrogen and oxygen atoms in total. The minimum absolute atomic E-state index is 0.212. The average molecular weight is 328 g/mol. The van der Waals surface area contributed by atoms with Crippen molar-refractivity contribution in [3.63, 3.8) is 0 Å². The van der Waals surface area contributed by atoms with Gasteiger partial charge in [-0.2, -0.15) is 0 Å². The van der Waals surface area contributed by atoms with Crippen molar-refractivity contribution in [2.75, 3.05) is 23.3 Å². The van der Waals surface area contributed by atoms with Gasteiger partial charge in [0.05, 0.1) is 15.9 Å². The highest BCUT2D eigenvalue weighted by Crippen LogP contribution is 2.37. The Morgan fingerprint density at radius 1 is 1.00 bits per heavy atom. The summed E-state index contributed by atoms with van der Waals surface area (Å²) < 4.78 is 0. The van der Waals surface area contributed by atoms with Gasteiger partial charge in [0.2, 0.25) is 0 Å². The Bertz CT molecular complexity index is 833. The van der Waals surface area contributed by atoms with E-state index in [1.165, 1.54) is 6.07 Å². The van der Waals surface area contributed by atoms with Crippen LogP contribution < -0.4 is 10.2 Å². The largest absolute Gasteiger partial charge is 0.362 e. The van der Waals surface area contributed by atoms with Crippen LogP contribution in [0, 0.1) is 20.2 Å². The first-order chi connectivity index (χ1) is 11.5. The van der Waals surface area contributed by atoms with Crippen molar-refractivity contribution in [2.24, 2.45) is 0 Å². The van der Waals surface area contributed by atoms with E-state index < -0.39 is 21.4 Å². The fraction of sp³-hybridized carbons (Fsp3) is 0.133. The summed E-state index contributed by atoms with van der Waals surface area (Å²) in [6, 6.07) is 10.5. The van der Waals surface area contributed by atoms with Gasteiger partial charge in [-0.1, -0.05) is 18.2 Å². The average Bonchev–Trinajstić information content (AvgIpc) is 3.39. The van der Waals surface area contributed by atoms with Crippen LogP contribution in [0.25, 0.3) is 0 Å². The zero-order valence-electron chi connectivity index (χ0n) is 12.3. The summed E-state index contributed by atoms with van der Waals surface area (Å²) in [7, 11) is 0. The number of rotatable bonds is 5. The first kappa shape index (κ1) is 15.4. The second kappa shape index (κ2) is 5.95. The lowest BCUT2D eigenvalue weighted by Gasteiger charge is -2.09. The molecule has 1 aliphatic rings. The highest BCUT2D eigenvalue weighted by molar-refractivity contribution is 6.08. The molecule has 0 aromatic heterocycles. The molecule has 0 unspecified atom stereocenters. The zero-order valence-corrected chi connectivity index (χ0v) is 12.3. The lowest BCUT2D eigenvalue weighted by molar-refractivity contribution is -0.393. The molecule has 0 saturated carbocycles. The molecule has 0 atom stereocenters. The Hall–Kier alpha value is -3.49. The molecule has 1 fully saturated rings. The highest BCUT2D eigenvalue weighted by Gasteiger charge is 2.33. The van der Waals surface area contributed by atoms with E-state index in [-0.39, 0.29) is 16.9 Å². The monoisotopic (exact) mass is 328 g/mol. The first-order valence-corrected chi connectivity index (χ1v) is 7.05. The van der Waals surface area contributed by atoms with Crippen molar-refractivity contribution in [2.45, 2.75) is 0 Å². The lowest BCUT2D eigenvalue weighted by atomic mass is 10.1. The second-order valence-corrected chi connectivity index (χ2v) is 5.18. The number of nitrogens with one attached hydrogen (secondary N) is 1. The minimum Gasteiger partial charge on any atom is -0.362 e. The fourth-order valence-electron chi connectivity index (χ4n) is 2.31. The van der Waals surface area contributed by atoms with Crippen LogP contribution in [-0.2, 0) is 0 Å². The van der Waals surface area contributed by atoms with E-state index >= 15 is 0 Å². The van der Waals surface area contributed by atoms with E-state index in [2.05, 4.69) is 5.32 Å². The maximum absolute atomic E-state index is 12.4. The number of benzene rings is 2. The number of nitro groups is 2. The van der Waals surface area contributed by atoms with Gasteiger partial charge in [-0.25, -0.2) is 0 Å². The van der Waals surface area contributed by atoms with Gasteiger partial charge in [0.1, 0.15) is 11.3 Å². The van der Waals surface area contributed by atoms with E-state index in [1.54, 1.807) is 35.2 Å². The normalized spacial score (nSPS) is 12.6. The Kier molecular flexibility index (Phi) is 3.82. The Morgan fingerprint density at radius 3 is 2.17 bits per heavy atom. The van der Waals surface area contributed by atoms with E-state index in [0.29, 0.717) is 18.8 Å². The van der Waals surface area contributed by atoms with E-state index in [9.17, 15) is 25.0 Å². The minimum atomic E-state index is -0.793. The van der Waals surface area contributed by atoms with Crippen molar-refractivity contribution in [1.29, 1.82) is 0 Å². The van der Waals surface area contributed by atoms with E-state index in [4.69, 9.17) is 0 Å². The molecule has 1 aliphatic heterocycles. The molecule has 9 heteroatoms. The number of para-hydroxylation sites is 1.